The van der Waals surface area contributed by atoms with E-state index in [1.807, 2.05) is 0 Å². The first-order valence-electron chi connectivity index (χ1n) is 8.09. The maximum absolute atomic E-state index is 3.74. The molecule has 2 nitrogen and oxygen atoms in total. The van der Waals surface area contributed by atoms with Gasteiger partial charge in [-0.25, -0.2) is 0 Å². The molecule has 2 rings (SSSR count). The van der Waals surface area contributed by atoms with E-state index in [9.17, 15) is 0 Å². The quantitative estimate of drug-likeness (QED) is 0.829. The molecular weight excluding hydrogens is 220 g/mol. The summed E-state index contributed by atoms with van der Waals surface area (Å²) in [6, 6.07) is 0. The third-order valence-electron chi connectivity index (χ3n) is 5.21. The average Bonchev–Trinajstić information content (AvgIpc) is 2.55. The summed E-state index contributed by atoms with van der Waals surface area (Å²) in [6.07, 6.45) is 8.41. The van der Waals surface area contributed by atoms with Gasteiger partial charge in [0.15, 0.2) is 0 Å². The third kappa shape index (κ3) is 3.96. The Kier molecular flexibility index (Phi) is 5.08. The largest absolute Gasteiger partial charge is 0.310 e. The van der Waals surface area contributed by atoms with E-state index in [1.165, 1.54) is 64.7 Å². The minimum Gasteiger partial charge on any atom is -0.310 e. The zero-order chi connectivity index (χ0) is 13.0. The molecule has 0 spiro atoms. The molecule has 18 heavy (non-hydrogen) atoms. The molecule has 1 aliphatic heterocycles. The Bertz CT molecular complexity index is 245. The van der Waals surface area contributed by atoms with E-state index in [2.05, 4.69) is 31.0 Å². The van der Waals surface area contributed by atoms with Crippen LogP contribution in [0.15, 0.2) is 0 Å². The van der Waals surface area contributed by atoms with E-state index in [0.29, 0.717) is 5.54 Å². The highest BCUT2D eigenvalue weighted by Gasteiger charge is 2.29. The van der Waals surface area contributed by atoms with Crippen molar-refractivity contribution in [3.05, 3.63) is 0 Å². The van der Waals surface area contributed by atoms with E-state index in [-0.39, 0.29) is 0 Å². The van der Waals surface area contributed by atoms with Gasteiger partial charge in [0.25, 0.3) is 0 Å². The molecule has 0 radical (unpaired) electrons. The lowest BCUT2D eigenvalue weighted by Crippen LogP contribution is -2.49. The summed E-state index contributed by atoms with van der Waals surface area (Å²) in [4.78, 5) is 2.74. The van der Waals surface area contributed by atoms with Crippen LogP contribution in [0.5, 0.6) is 0 Å². The Morgan fingerprint density at radius 2 is 1.94 bits per heavy atom. The van der Waals surface area contributed by atoms with Crippen LogP contribution in [0.1, 0.15) is 59.3 Å². The highest BCUT2D eigenvalue weighted by atomic mass is 15.2. The Morgan fingerprint density at radius 3 is 2.61 bits per heavy atom. The van der Waals surface area contributed by atoms with Gasteiger partial charge in [0.1, 0.15) is 0 Å². The first-order chi connectivity index (χ1) is 8.61. The lowest BCUT2D eigenvalue weighted by atomic mass is 9.82. The smallest absolute Gasteiger partial charge is 0.0277 e. The first-order valence-corrected chi connectivity index (χ1v) is 8.09. The van der Waals surface area contributed by atoms with Gasteiger partial charge in [-0.1, -0.05) is 26.7 Å². The standard InChI is InChI=1S/C16H32N2/c1-4-16(3)13-18(11-5-10-17-16)12-15-8-6-14(2)7-9-15/h14-15,17H,4-13H2,1-3H3. The van der Waals surface area contributed by atoms with E-state index >= 15 is 0 Å². The number of rotatable bonds is 3. The third-order valence-corrected chi connectivity index (χ3v) is 5.21. The highest BCUT2D eigenvalue weighted by Crippen LogP contribution is 2.29. The van der Waals surface area contributed by atoms with Crippen molar-refractivity contribution in [2.24, 2.45) is 11.8 Å². The summed E-state index contributed by atoms with van der Waals surface area (Å²) in [7, 11) is 0. The summed E-state index contributed by atoms with van der Waals surface area (Å²) in [6.45, 7) is 12.2. The molecule has 1 saturated heterocycles. The van der Waals surface area contributed by atoms with Gasteiger partial charge in [-0.15, -0.1) is 0 Å². The van der Waals surface area contributed by atoms with Crippen LogP contribution in [0.4, 0.5) is 0 Å². The Balaban J connectivity index is 1.84. The molecule has 2 fully saturated rings. The number of hydrogen-bond donors (Lipinski definition) is 1. The van der Waals surface area contributed by atoms with Gasteiger partial charge in [-0.05, 0) is 57.5 Å². The monoisotopic (exact) mass is 252 g/mol. The number of hydrogen-bond acceptors (Lipinski definition) is 2. The SMILES string of the molecule is CCC1(C)CN(CC2CCC(C)CC2)CCCN1. The molecule has 1 atom stereocenters. The van der Waals surface area contributed by atoms with Crippen molar-refractivity contribution >= 4 is 0 Å². The molecule has 0 amide bonds. The van der Waals surface area contributed by atoms with Crippen molar-refractivity contribution in [3.8, 4) is 0 Å². The molecule has 0 aromatic heterocycles. The predicted molar refractivity (Wildman–Crippen MR) is 78.9 cm³/mol. The summed E-state index contributed by atoms with van der Waals surface area (Å²) >= 11 is 0. The van der Waals surface area contributed by atoms with Crippen LogP contribution in [0.3, 0.4) is 0 Å². The van der Waals surface area contributed by atoms with Crippen molar-refractivity contribution < 1.29 is 0 Å². The maximum Gasteiger partial charge on any atom is 0.0277 e. The van der Waals surface area contributed by atoms with Gasteiger partial charge in [0.2, 0.25) is 0 Å². The normalized spacial score (nSPS) is 39.5. The minimum absolute atomic E-state index is 0.346. The van der Waals surface area contributed by atoms with E-state index in [0.717, 1.165) is 11.8 Å². The summed E-state index contributed by atoms with van der Waals surface area (Å²) < 4.78 is 0. The van der Waals surface area contributed by atoms with Gasteiger partial charge in [-0.3, -0.25) is 0 Å². The van der Waals surface area contributed by atoms with E-state index in [1.54, 1.807) is 0 Å². The molecule has 1 unspecified atom stereocenters. The molecule has 0 aromatic rings. The van der Waals surface area contributed by atoms with Gasteiger partial charge in [-0.2, -0.15) is 0 Å². The van der Waals surface area contributed by atoms with Crippen molar-refractivity contribution in [3.63, 3.8) is 0 Å². The zero-order valence-electron chi connectivity index (χ0n) is 12.7. The molecule has 1 N–H and O–H groups in total. The topological polar surface area (TPSA) is 15.3 Å². The Labute approximate surface area is 114 Å². The van der Waals surface area contributed by atoms with Gasteiger partial charge < -0.3 is 10.2 Å². The minimum atomic E-state index is 0.346. The molecule has 1 aliphatic carbocycles. The maximum atomic E-state index is 3.74. The fourth-order valence-corrected chi connectivity index (χ4v) is 3.59. The van der Waals surface area contributed by atoms with Crippen molar-refractivity contribution in [1.82, 2.24) is 10.2 Å². The second-order valence-electron chi connectivity index (χ2n) is 7.06. The van der Waals surface area contributed by atoms with Gasteiger partial charge in [0.05, 0.1) is 0 Å². The lowest BCUT2D eigenvalue weighted by Gasteiger charge is -2.36. The number of nitrogens with one attached hydrogen (secondary N) is 1. The summed E-state index contributed by atoms with van der Waals surface area (Å²) in [5.74, 6) is 1.95. The molecule has 0 bridgehead atoms. The molecule has 106 valence electrons. The van der Waals surface area contributed by atoms with E-state index in [4.69, 9.17) is 0 Å². The Morgan fingerprint density at radius 1 is 1.22 bits per heavy atom. The van der Waals surface area contributed by atoms with Gasteiger partial charge >= 0.3 is 0 Å². The zero-order valence-corrected chi connectivity index (χ0v) is 12.7. The lowest BCUT2D eigenvalue weighted by molar-refractivity contribution is 0.159. The second-order valence-corrected chi connectivity index (χ2v) is 7.06. The molecule has 1 heterocycles. The fourth-order valence-electron chi connectivity index (χ4n) is 3.59. The van der Waals surface area contributed by atoms with Crippen LogP contribution < -0.4 is 5.32 Å². The van der Waals surface area contributed by atoms with Crippen LogP contribution in [-0.2, 0) is 0 Å². The van der Waals surface area contributed by atoms with Crippen LogP contribution in [0.2, 0.25) is 0 Å². The number of nitrogens with zero attached hydrogens (tertiary/aromatic N) is 1. The second kappa shape index (κ2) is 6.38. The van der Waals surface area contributed by atoms with Crippen LogP contribution in [-0.4, -0.2) is 36.6 Å². The molecule has 2 heteroatoms. The van der Waals surface area contributed by atoms with Crippen LogP contribution in [0, 0.1) is 11.8 Å². The summed E-state index contributed by atoms with van der Waals surface area (Å²) in [5.41, 5.74) is 0.346. The van der Waals surface area contributed by atoms with E-state index < -0.39 is 0 Å². The molecule has 1 saturated carbocycles. The predicted octanol–water partition coefficient (Wildman–Crippen LogP) is 3.28. The van der Waals surface area contributed by atoms with Crippen molar-refractivity contribution in [2.45, 2.75) is 64.8 Å². The van der Waals surface area contributed by atoms with Crippen molar-refractivity contribution in [1.29, 1.82) is 0 Å². The van der Waals surface area contributed by atoms with Gasteiger partial charge in [0, 0.05) is 18.6 Å². The van der Waals surface area contributed by atoms with Crippen molar-refractivity contribution in [2.75, 3.05) is 26.2 Å². The average molecular weight is 252 g/mol. The Hall–Kier alpha value is -0.0800. The fraction of sp³-hybridized carbons (Fsp3) is 1.00. The highest BCUT2D eigenvalue weighted by molar-refractivity contribution is 4.88. The summed E-state index contributed by atoms with van der Waals surface area (Å²) in [5, 5.41) is 3.74. The van der Waals surface area contributed by atoms with Crippen LogP contribution >= 0.6 is 0 Å². The first kappa shape index (κ1) is 14.3. The molecule has 2 aliphatic rings. The molecule has 0 aromatic carbocycles. The van der Waals surface area contributed by atoms with Crippen LogP contribution in [0.25, 0.3) is 0 Å². The molecular formula is C16H32N2.